The van der Waals surface area contributed by atoms with Crippen LogP contribution in [0.4, 0.5) is 13.2 Å². The fraction of sp³-hybridized carbons (Fsp3) is 0.667. The molecule has 0 atom stereocenters. The topological polar surface area (TPSA) is 9.23 Å². The fourth-order valence-corrected chi connectivity index (χ4v) is 3.22. The summed E-state index contributed by atoms with van der Waals surface area (Å²) < 4.78 is 43.4. The lowest BCUT2D eigenvalue weighted by molar-refractivity contribution is -0.137. The molecule has 0 spiro atoms. The molecule has 1 rings (SSSR count). The maximum atomic E-state index is 12.7. The lowest BCUT2D eigenvalue weighted by Gasteiger charge is -2.30. The van der Waals surface area contributed by atoms with Crippen molar-refractivity contribution in [2.45, 2.75) is 77.0 Å². The third-order valence-corrected chi connectivity index (χ3v) is 5.04. The summed E-state index contributed by atoms with van der Waals surface area (Å²) in [5, 5.41) is 0. The Balaban J connectivity index is 2.31. The maximum Gasteiger partial charge on any atom is 0.416 e. The molecule has 0 saturated heterocycles. The second-order valence-corrected chi connectivity index (χ2v) is 6.31. The molecule has 1 aromatic carbocycles. The molecule has 0 aromatic heterocycles. The van der Waals surface area contributed by atoms with Crippen LogP contribution in [0, 0.1) is 0 Å². The van der Waals surface area contributed by atoms with Gasteiger partial charge in [0.2, 0.25) is 10.5 Å². The van der Waals surface area contributed by atoms with Crippen LogP contribution in [0.3, 0.4) is 0 Å². The fourth-order valence-electron chi connectivity index (χ4n) is 2.83. The van der Waals surface area contributed by atoms with E-state index < -0.39 is 11.7 Å². The van der Waals surface area contributed by atoms with Crippen LogP contribution in [-0.4, -0.2) is 16.1 Å². The molecule has 0 aliphatic rings. The number of unbranched alkanes of at least 4 members (excludes halogenated alkanes) is 3. The predicted octanol–water partition coefficient (Wildman–Crippen LogP) is 5.86. The van der Waals surface area contributed by atoms with E-state index in [0.717, 1.165) is 56.6 Å². The lowest BCUT2D eigenvalue weighted by Crippen LogP contribution is -2.30. The summed E-state index contributed by atoms with van der Waals surface area (Å²) in [7, 11) is 3.19. The first kappa shape index (κ1) is 20.2. The minimum Gasteiger partial charge on any atom is -0.413 e. The molecule has 1 aromatic rings. The molecule has 0 fully saturated rings. The monoisotopic (exact) mass is 343 g/mol. The van der Waals surface area contributed by atoms with Gasteiger partial charge in [0.1, 0.15) is 0 Å². The van der Waals surface area contributed by atoms with Crippen molar-refractivity contribution in [3.8, 4) is 0 Å². The maximum absolute atomic E-state index is 12.7. The average Bonchev–Trinajstić information content (AvgIpc) is 2.54. The van der Waals surface area contributed by atoms with Gasteiger partial charge in [-0.25, -0.2) is 0 Å². The van der Waals surface area contributed by atoms with E-state index in [9.17, 15) is 13.2 Å². The van der Waals surface area contributed by atoms with Gasteiger partial charge in [0.15, 0.2) is 0 Å². The van der Waals surface area contributed by atoms with Crippen molar-refractivity contribution in [3.63, 3.8) is 0 Å². The van der Waals surface area contributed by atoms with Gasteiger partial charge in [-0.1, -0.05) is 51.3 Å². The SMILES string of the molecule is CCC(CC)(CCCCCCc1cccc(C(F)(F)F)c1)O[Si]. The van der Waals surface area contributed by atoms with Crippen LogP contribution in [0.15, 0.2) is 24.3 Å². The third kappa shape index (κ3) is 6.67. The summed E-state index contributed by atoms with van der Waals surface area (Å²) in [6.07, 6.45) is 3.50. The normalized spacial score (nSPS) is 12.6. The lowest BCUT2D eigenvalue weighted by atomic mass is 9.90. The van der Waals surface area contributed by atoms with Crippen LogP contribution in [0.25, 0.3) is 0 Å². The van der Waals surface area contributed by atoms with E-state index >= 15 is 0 Å². The van der Waals surface area contributed by atoms with Gasteiger partial charge in [-0.15, -0.1) is 0 Å². The first-order valence-corrected chi connectivity index (χ1v) is 8.78. The second-order valence-electron chi connectivity index (χ2n) is 6.10. The average molecular weight is 343 g/mol. The molecule has 0 N–H and O–H groups in total. The molecule has 0 heterocycles. The highest BCUT2D eigenvalue weighted by Gasteiger charge is 2.30. The number of alkyl halides is 3. The molecule has 1 nitrogen and oxygen atoms in total. The molecule has 0 aliphatic carbocycles. The standard InChI is InChI=1S/C18H26F3OSi/c1-3-17(4-2,22-23)13-8-6-5-7-10-15-11-9-12-16(14-15)18(19,20)21/h9,11-12,14H,3-8,10,13H2,1-2H3. The number of rotatable bonds is 10. The molecular formula is C18H26F3OSi. The zero-order valence-corrected chi connectivity index (χ0v) is 15.0. The minimum atomic E-state index is -4.25. The quantitative estimate of drug-likeness (QED) is 0.382. The van der Waals surface area contributed by atoms with Gasteiger partial charge >= 0.3 is 6.18 Å². The largest absolute Gasteiger partial charge is 0.416 e. The molecule has 23 heavy (non-hydrogen) atoms. The molecule has 0 unspecified atom stereocenters. The van der Waals surface area contributed by atoms with Crippen LogP contribution >= 0.6 is 0 Å². The van der Waals surface area contributed by atoms with Crippen LogP contribution in [0.5, 0.6) is 0 Å². The van der Waals surface area contributed by atoms with E-state index in [1.807, 2.05) is 0 Å². The Morgan fingerprint density at radius 1 is 1.00 bits per heavy atom. The van der Waals surface area contributed by atoms with Gasteiger partial charge in [-0.3, -0.25) is 0 Å². The van der Waals surface area contributed by atoms with Crippen molar-refractivity contribution in [2.75, 3.05) is 0 Å². The summed E-state index contributed by atoms with van der Waals surface area (Å²) >= 11 is 0. The first-order chi connectivity index (χ1) is 10.9. The van der Waals surface area contributed by atoms with Gasteiger partial charge in [-0.2, -0.15) is 13.2 Å². The van der Waals surface area contributed by atoms with Crippen LogP contribution in [-0.2, 0) is 17.0 Å². The van der Waals surface area contributed by atoms with Crippen molar-refractivity contribution < 1.29 is 17.6 Å². The van der Waals surface area contributed by atoms with Gasteiger partial charge in [0.05, 0.1) is 11.2 Å². The summed E-state index contributed by atoms with van der Waals surface area (Å²) in [5.74, 6) is 0. The highest BCUT2D eigenvalue weighted by atomic mass is 28.2. The Morgan fingerprint density at radius 2 is 1.65 bits per heavy atom. The zero-order chi connectivity index (χ0) is 17.3. The number of benzene rings is 1. The van der Waals surface area contributed by atoms with E-state index in [0.29, 0.717) is 6.42 Å². The summed E-state index contributed by atoms with van der Waals surface area (Å²) in [4.78, 5) is 0. The highest BCUT2D eigenvalue weighted by molar-refractivity contribution is 5.98. The van der Waals surface area contributed by atoms with Crippen molar-refractivity contribution in [2.24, 2.45) is 0 Å². The van der Waals surface area contributed by atoms with E-state index in [1.165, 1.54) is 12.1 Å². The minimum absolute atomic E-state index is 0.0854. The Kier molecular flexibility index (Phi) is 8.33. The smallest absolute Gasteiger partial charge is 0.413 e. The summed E-state index contributed by atoms with van der Waals surface area (Å²) in [6, 6.07) is 5.64. The van der Waals surface area contributed by atoms with Crippen molar-refractivity contribution in [1.29, 1.82) is 0 Å². The van der Waals surface area contributed by atoms with Gasteiger partial charge < -0.3 is 4.43 Å². The van der Waals surface area contributed by atoms with E-state index in [4.69, 9.17) is 4.43 Å². The Hall–Kier alpha value is -0.813. The molecule has 0 aliphatic heterocycles. The third-order valence-electron chi connectivity index (χ3n) is 4.61. The van der Waals surface area contributed by atoms with Crippen molar-refractivity contribution in [3.05, 3.63) is 35.4 Å². The molecule has 3 radical (unpaired) electrons. The van der Waals surface area contributed by atoms with E-state index in [-0.39, 0.29) is 5.60 Å². The number of hydrogen-bond acceptors (Lipinski definition) is 1. The summed E-state index contributed by atoms with van der Waals surface area (Å²) in [5.41, 5.74) is 0.123. The van der Waals surface area contributed by atoms with E-state index in [2.05, 4.69) is 24.3 Å². The Morgan fingerprint density at radius 3 is 2.22 bits per heavy atom. The first-order valence-electron chi connectivity index (χ1n) is 8.37. The molecule has 0 amide bonds. The van der Waals surface area contributed by atoms with Gasteiger partial charge in [-0.05, 0) is 43.7 Å². The number of halogens is 3. The molecular weight excluding hydrogens is 317 g/mol. The van der Waals surface area contributed by atoms with Crippen LogP contribution in [0.2, 0.25) is 0 Å². The van der Waals surface area contributed by atoms with Gasteiger partial charge in [0.25, 0.3) is 0 Å². The summed E-state index contributed by atoms with van der Waals surface area (Å²) in [6.45, 7) is 4.24. The highest BCUT2D eigenvalue weighted by Crippen LogP contribution is 2.30. The predicted molar refractivity (Wildman–Crippen MR) is 88.4 cm³/mol. The zero-order valence-electron chi connectivity index (χ0n) is 14.0. The van der Waals surface area contributed by atoms with Crippen LogP contribution < -0.4 is 0 Å². The number of hydrogen-bond donors (Lipinski definition) is 0. The van der Waals surface area contributed by atoms with Crippen molar-refractivity contribution in [1.82, 2.24) is 0 Å². The Labute approximate surface area is 141 Å². The molecule has 0 bridgehead atoms. The van der Waals surface area contributed by atoms with E-state index in [1.54, 1.807) is 6.07 Å². The second kappa shape index (κ2) is 9.47. The van der Waals surface area contributed by atoms with Crippen LogP contribution in [0.1, 0.15) is 69.9 Å². The number of aryl methyl sites for hydroxylation is 1. The molecule has 0 saturated carbocycles. The van der Waals surface area contributed by atoms with Crippen molar-refractivity contribution >= 4 is 10.5 Å². The Bertz CT molecular complexity index is 448. The molecule has 129 valence electrons. The van der Waals surface area contributed by atoms with Gasteiger partial charge in [0, 0.05) is 0 Å². The molecule has 5 heteroatoms.